The van der Waals surface area contributed by atoms with Crippen LogP contribution in [-0.4, -0.2) is 15.0 Å². The second-order valence-corrected chi connectivity index (χ2v) is 10.1. The topological polar surface area (TPSA) is 38.7 Å². The third-order valence-corrected chi connectivity index (χ3v) is 7.88. The van der Waals surface area contributed by atoms with Gasteiger partial charge in [0, 0.05) is 56.1 Å². The molecule has 7 aromatic rings. The first-order valence-corrected chi connectivity index (χ1v) is 12.7. The van der Waals surface area contributed by atoms with E-state index in [2.05, 4.69) is 96.8 Å². The molecule has 0 aliphatic heterocycles. The van der Waals surface area contributed by atoms with Crippen molar-refractivity contribution in [1.29, 1.82) is 0 Å². The fourth-order valence-corrected chi connectivity index (χ4v) is 5.93. The zero-order chi connectivity index (χ0) is 24.1. The maximum absolute atomic E-state index is 4.85. The Hall–Kier alpha value is -4.41. The van der Waals surface area contributed by atoms with E-state index in [1.54, 1.807) is 11.3 Å². The fourth-order valence-electron chi connectivity index (χ4n) is 4.76. The van der Waals surface area contributed by atoms with Gasteiger partial charge in [-0.15, -0.1) is 11.3 Å². The van der Waals surface area contributed by atoms with Crippen molar-refractivity contribution < 1.29 is 0 Å². The van der Waals surface area contributed by atoms with Crippen molar-refractivity contribution in [3.8, 4) is 33.5 Å². The molecule has 0 aliphatic rings. The Labute approximate surface area is 212 Å². The summed E-state index contributed by atoms with van der Waals surface area (Å²) >= 11 is 1.72. The van der Waals surface area contributed by atoms with E-state index >= 15 is 0 Å². The van der Waals surface area contributed by atoms with Crippen molar-refractivity contribution >= 4 is 42.5 Å². The molecular weight excluding hydrogens is 458 g/mol. The largest absolute Gasteiger partial charge is 0.256 e. The lowest BCUT2D eigenvalue weighted by atomic mass is 10.0. The minimum absolute atomic E-state index is 0.965. The first-order valence-electron chi connectivity index (χ1n) is 11.9. The van der Waals surface area contributed by atoms with E-state index in [0.29, 0.717) is 0 Å². The molecule has 170 valence electrons. The SMILES string of the molecule is Cc1ccc(-c2ccc3cc(-c4ccc(-c5cccc6c5sc5ncccc56)nc4)cnc3c2)cc1. The predicted molar refractivity (Wildman–Crippen MR) is 151 cm³/mol. The van der Waals surface area contributed by atoms with Gasteiger partial charge in [0.05, 0.1) is 11.2 Å². The molecule has 0 atom stereocenters. The van der Waals surface area contributed by atoms with Gasteiger partial charge in [0.1, 0.15) is 4.83 Å². The van der Waals surface area contributed by atoms with Crippen LogP contribution in [0.2, 0.25) is 0 Å². The van der Waals surface area contributed by atoms with Crippen LogP contribution in [0.15, 0.2) is 110 Å². The van der Waals surface area contributed by atoms with Gasteiger partial charge < -0.3 is 0 Å². The standard InChI is InChI=1S/C32H21N3S/c1-20-7-9-21(10-8-20)22-11-12-23-16-25(19-35-30(23)17-22)24-13-14-29(34-18-24)28-5-2-4-26-27-6-3-15-33-32(27)36-31(26)28/h2-19H,1H3. The second-order valence-electron chi connectivity index (χ2n) is 9.07. The normalized spacial score (nSPS) is 11.5. The van der Waals surface area contributed by atoms with Crippen molar-refractivity contribution in [2.24, 2.45) is 0 Å². The highest BCUT2D eigenvalue weighted by Gasteiger charge is 2.12. The summed E-state index contributed by atoms with van der Waals surface area (Å²) in [5, 5.41) is 3.55. The van der Waals surface area contributed by atoms with Crippen LogP contribution >= 0.6 is 11.3 Å². The molecule has 0 bridgehead atoms. The number of rotatable bonds is 3. The Balaban J connectivity index is 1.23. The lowest BCUT2D eigenvalue weighted by Gasteiger charge is -2.08. The van der Waals surface area contributed by atoms with Crippen LogP contribution in [0.3, 0.4) is 0 Å². The van der Waals surface area contributed by atoms with E-state index in [9.17, 15) is 0 Å². The van der Waals surface area contributed by atoms with Gasteiger partial charge in [-0.1, -0.05) is 66.2 Å². The van der Waals surface area contributed by atoms with Gasteiger partial charge >= 0.3 is 0 Å². The van der Waals surface area contributed by atoms with Crippen LogP contribution < -0.4 is 0 Å². The molecule has 0 saturated heterocycles. The zero-order valence-corrected chi connectivity index (χ0v) is 20.5. The van der Waals surface area contributed by atoms with Crippen molar-refractivity contribution in [1.82, 2.24) is 15.0 Å². The number of nitrogens with zero attached hydrogens (tertiary/aromatic N) is 3. The third kappa shape index (κ3) is 3.55. The van der Waals surface area contributed by atoms with Crippen molar-refractivity contribution in [3.63, 3.8) is 0 Å². The molecular formula is C32H21N3S. The summed E-state index contributed by atoms with van der Waals surface area (Å²) in [6.45, 7) is 2.11. The molecule has 3 aromatic carbocycles. The zero-order valence-electron chi connectivity index (χ0n) is 19.6. The Morgan fingerprint density at radius 1 is 0.611 bits per heavy atom. The van der Waals surface area contributed by atoms with Crippen LogP contribution in [0.5, 0.6) is 0 Å². The summed E-state index contributed by atoms with van der Waals surface area (Å²) < 4.78 is 1.23. The van der Waals surface area contributed by atoms with Gasteiger partial charge in [-0.05, 0) is 48.4 Å². The summed E-state index contributed by atoms with van der Waals surface area (Å²) in [7, 11) is 0. The number of thiophene rings is 1. The second kappa shape index (κ2) is 8.36. The molecule has 0 aliphatic carbocycles. The van der Waals surface area contributed by atoms with E-state index in [0.717, 1.165) is 38.1 Å². The molecule has 0 saturated carbocycles. The van der Waals surface area contributed by atoms with Crippen LogP contribution in [-0.2, 0) is 0 Å². The average Bonchev–Trinajstić information content (AvgIpc) is 3.32. The van der Waals surface area contributed by atoms with Gasteiger partial charge in [0.25, 0.3) is 0 Å². The van der Waals surface area contributed by atoms with Gasteiger partial charge in [-0.25, -0.2) is 4.98 Å². The van der Waals surface area contributed by atoms with Crippen LogP contribution in [0.1, 0.15) is 5.56 Å². The number of hydrogen-bond donors (Lipinski definition) is 0. The predicted octanol–water partition coefficient (Wildman–Crippen LogP) is 8.70. The molecule has 4 heteroatoms. The molecule has 4 heterocycles. The maximum Gasteiger partial charge on any atom is 0.124 e. The minimum Gasteiger partial charge on any atom is -0.256 e. The van der Waals surface area contributed by atoms with Gasteiger partial charge in [0.15, 0.2) is 0 Å². The molecule has 0 radical (unpaired) electrons. The van der Waals surface area contributed by atoms with E-state index in [1.165, 1.54) is 32.2 Å². The van der Waals surface area contributed by atoms with Crippen LogP contribution in [0.4, 0.5) is 0 Å². The highest BCUT2D eigenvalue weighted by molar-refractivity contribution is 7.26. The van der Waals surface area contributed by atoms with Crippen LogP contribution in [0, 0.1) is 6.92 Å². The molecule has 3 nitrogen and oxygen atoms in total. The molecule has 0 fully saturated rings. The molecule has 4 aromatic heterocycles. The summed E-state index contributed by atoms with van der Waals surface area (Å²) in [5.74, 6) is 0. The highest BCUT2D eigenvalue weighted by Crippen LogP contribution is 2.38. The monoisotopic (exact) mass is 479 g/mol. The van der Waals surface area contributed by atoms with E-state index in [1.807, 2.05) is 24.7 Å². The maximum atomic E-state index is 4.85. The van der Waals surface area contributed by atoms with Crippen molar-refractivity contribution in [2.45, 2.75) is 6.92 Å². The van der Waals surface area contributed by atoms with Crippen molar-refractivity contribution in [2.75, 3.05) is 0 Å². The number of aryl methyl sites for hydroxylation is 1. The fraction of sp³-hybridized carbons (Fsp3) is 0.0312. The van der Waals surface area contributed by atoms with Gasteiger partial charge in [-0.3, -0.25) is 9.97 Å². The Morgan fingerprint density at radius 2 is 1.42 bits per heavy atom. The quantitative estimate of drug-likeness (QED) is 0.254. The van der Waals surface area contributed by atoms with Crippen LogP contribution in [0.25, 0.3) is 64.7 Å². The first kappa shape index (κ1) is 20.9. The van der Waals surface area contributed by atoms with E-state index < -0.39 is 0 Å². The van der Waals surface area contributed by atoms with E-state index in [4.69, 9.17) is 9.97 Å². The number of pyridine rings is 3. The molecule has 0 unspecified atom stereocenters. The molecule has 7 rings (SSSR count). The third-order valence-electron chi connectivity index (χ3n) is 6.72. The molecule has 0 amide bonds. The summed E-state index contributed by atoms with van der Waals surface area (Å²) in [6.07, 6.45) is 5.74. The summed E-state index contributed by atoms with van der Waals surface area (Å²) in [5.41, 5.74) is 8.87. The van der Waals surface area contributed by atoms with Crippen molar-refractivity contribution in [3.05, 3.63) is 115 Å². The Kier molecular flexibility index (Phi) is 4.86. The lowest BCUT2D eigenvalue weighted by Crippen LogP contribution is -1.88. The Bertz CT molecular complexity index is 1880. The highest BCUT2D eigenvalue weighted by atomic mass is 32.1. The summed E-state index contributed by atoms with van der Waals surface area (Å²) in [6, 6.07) is 32.1. The Morgan fingerprint density at radius 3 is 2.28 bits per heavy atom. The number of hydrogen-bond acceptors (Lipinski definition) is 4. The first-order chi connectivity index (χ1) is 17.7. The minimum atomic E-state index is 0.965. The van der Waals surface area contributed by atoms with Gasteiger partial charge in [0.2, 0.25) is 0 Å². The number of benzene rings is 3. The number of fused-ring (bicyclic) bond motifs is 4. The van der Waals surface area contributed by atoms with E-state index in [-0.39, 0.29) is 0 Å². The average molecular weight is 480 g/mol. The lowest BCUT2D eigenvalue weighted by molar-refractivity contribution is 1.32. The van der Waals surface area contributed by atoms with Gasteiger partial charge in [-0.2, -0.15) is 0 Å². The number of aromatic nitrogens is 3. The molecule has 0 spiro atoms. The molecule has 0 N–H and O–H groups in total. The molecule has 36 heavy (non-hydrogen) atoms. The smallest absolute Gasteiger partial charge is 0.124 e. The summed E-state index contributed by atoms with van der Waals surface area (Å²) in [4.78, 5) is 15.2.